The zero-order valence-corrected chi connectivity index (χ0v) is 13.0. The first-order valence-electron chi connectivity index (χ1n) is 7.68. The highest BCUT2D eigenvalue weighted by Gasteiger charge is 2.16. The summed E-state index contributed by atoms with van der Waals surface area (Å²) in [6.45, 7) is 0.417. The second kappa shape index (κ2) is 7.55. The monoisotopic (exact) mass is 324 g/mol. The zero-order valence-electron chi connectivity index (χ0n) is 13.0. The quantitative estimate of drug-likeness (QED) is 0.754. The molecule has 4 nitrogen and oxygen atoms in total. The van der Waals surface area contributed by atoms with Crippen LogP contribution in [0.15, 0.2) is 71.6 Å². The van der Waals surface area contributed by atoms with Crippen LogP contribution in [-0.4, -0.2) is 17.4 Å². The second-order valence-corrected chi connectivity index (χ2v) is 5.50. The molecule has 2 aromatic heterocycles. The van der Waals surface area contributed by atoms with E-state index in [1.54, 1.807) is 36.7 Å². The van der Waals surface area contributed by atoms with Crippen molar-refractivity contribution in [3.63, 3.8) is 0 Å². The van der Waals surface area contributed by atoms with Gasteiger partial charge < -0.3 is 9.73 Å². The molecular formula is C19H17FN2O2. The number of benzene rings is 1. The maximum atomic E-state index is 13.2. The fourth-order valence-electron chi connectivity index (χ4n) is 2.56. The number of aromatic nitrogens is 1. The molecule has 5 heteroatoms. The number of halogens is 1. The minimum absolute atomic E-state index is 0.00807. The Morgan fingerprint density at radius 1 is 1.17 bits per heavy atom. The minimum atomic E-state index is -0.279. The molecular weight excluding hydrogens is 307 g/mol. The Labute approximate surface area is 139 Å². The van der Waals surface area contributed by atoms with Crippen LogP contribution in [-0.2, 0) is 6.42 Å². The Balaban J connectivity index is 1.74. The van der Waals surface area contributed by atoms with E-state index in [0.717, 1.165) is 11.1 Å². The molecule has 3 rings (SSSR count). The number of hydrogen-bond acceptors (Lipinski definition) is 3. The van der Waals surface area contributed by atoms with Gasteiger partial charge in [-0.1, -0.05) is 18.2 Å². The fourth-order valence-corrected chi connectivity index (χ4v) is 2.56. The standard InChI is InChI=1S/C19H17FN2O2/c20-17-7-5-15(6-8-17)16(11-14-3-1-9-21-12-14)13-22-19(23)18-4-2-10-24-18/h1-10,12,16H,11,13H2,(H,22,23). The molecule has 0 aliphatic rings. The number of nitrogens with one attached hydrogen (secondary N) is 1. The predicted molar refractivity (Wildman–Crippen MR) is 88.1 cm³/mol. The topological polar surface area (TPSA) is 55.1 Å². The van der Waals surface area contributed by atoms with Crippen molar-refractivity contribution in [3.8, 4) is 0 Å². The molecule has 0 aliphatic heterocycles. The SMILES string of the molecule is O=C(NCC(Cc1cccnc1)c1ccc(F)cc1)c1ccco1. The maximum absolute atomic E-state index is 13.2. The van der Waals surface area contributed by atoms with Gasteiger partial charge in [-0.3, -0.25) is 9.78 Å². The van der Waals surface area contributed by atoms with E-state index in [1.165, 1.54) is 18.4 Å². The second-order valence-electron chi connectivity index (χ2n) is 5.50. The summed E-state index contributed by atoms with van der Waals surface area (Å²) in [5, 5.41) is 2.87. The lowest BCUT2D eigenvalue weighted by molar-refractivity contribution is 0.0923. The van der Waals surface area contributed by atoms with Gasteiger partial charge in [0.2, 0.25) is 0 Å². The Bertz CT molecular complexity index is 771. The molecule has 1 unspecified atom stereocenters. The molecule has 0 radical (unpaired) electrons. The summed E-state index contributed by atoms with van der Waals surface area (Å²) in [6.07, 6.45) is 5.67. The molecule has 0 bridgehead atoms. The van der Waals surface area contributed by atoms with Gasteiger partial charge in [-0.25, -0.2) is 4.39 Å². The summed E-state index contributed by atoms with van der Waals surface area (Å²) in [7, 11) is 0. The zero-order chi connectivity index (χ0) is 16.8. The Morgan fingerprint density at radius 3 is 2.67 bits per heavy atom. The molecule has 0 saturated carbocycles. The summed E-state index contributed by atoms with van der Waals surface area (Å²) in [6, 6.07) is 13.5. The van der Waals surface area contributed by atoms with E-state index in [-0.39, 0.29) is 23.4 Å². The van der Waals surface area contributed by atoms with E-state index in [2.05, 4.69) is 10.3 Å². The molecule has 1 N–H and O–H groups in total. The average Bonchev–Trinajstić information content (AvgIpc) is 3.15. The van der Waals surface area contributed by atoms with E-state index in [9.17, 15) is 9.18 Å². The van der Waals surface area contributed by atoms with E-state index < -0.39 is 0 Å². The average molecular weight is 324 g/mol. The fraction of sp³-hybridized carbons (Fsp3) is 0.158. The molecule has 1 aromatic carbocycles. The van der Waals surface area contributed by atoms with Crippen LogP contribution in [0.3, 0.4) is 0 Å². The highest BCUT2D eigenvalue weighted by atomic mass is 19.1. The van der Waals surface area contributed by atoms with E-state index in [1.807, 2.05) is 12.1 Å². The van der Waals surface area contributed by atoms with Crippen LogP contribution >= 0.6 is 0 Å². The Hall–Kier alpha value is -2.95. The summed E-state index contributed by atoms with van der Waals surface area (Å²) in [5.41, 5.74) is 2.01. The molecule has 0 fully saturated rings. The summed E-state index contributed by atoms with van der Waals surface area (Å²) in [5.74, 6) is -0.264. The number of amides is 1. The van der Waals surface area contributed by atoms with Gasteiger partial charge in [0.25, 0.3) is 5.91 Å². The van der Waals surface area contributed by atoms with Crippen LogP contribution in [0.5, 0.6) is 0 Å². The summed E-state index contributed by atoms with van der Waals surface area (Å²) < 4.78 is 18.3. The third kappa shape index (κ3) is 4.07. The summed E-state index contributed by atoms with van der Waals surface area (Å²) in [4.78, 5) is 16.2. The molecule has 1 amide bonds. The lowest BCUT2D eigenvalue weighted by Crippen LogP contribution is -2.29. The van der Waals surface area contributed by atoms with Crippen molar-refractivity contribution in [2.45, 2.75) is 12.3 Å². The first-order chi connectivity index (χ1) is 11.7. The Kier molecular flexibility index (Phi) is 5.01. The van der Waals surface area contributed by atoms with Gasteiger partial charge in [0.05, 0.1) is 6.26 Å². The maximum Gasteiger partial charge on any atom is 0.286 e. The lowest BCUT2D eigenvalue weighted by atomic mass is 9.92. The number of nitrogens with zero attached hydrogens (tertiary/aromatic N) is 1. The molecule has 0 spiro atoms. The van der Waals surface area contributed by atoms with Gasteiger partial charge in [0, 0.05) is 24.9 Å². The first kappa shape index (κ1) is 15.9. The number of carbonyl (C=O) groups excluding carboxylic acids is 1. The molecule has 3 aromatic rings. The lowest BCUT2D eigenvalue weighted by Gasteiger charge is -2.18. The van der Waals surface area contributed by atoms with Gasteiger partial charge >= 0.3 is 0 Å². The molecule has 2 heterocycles. The van der Waals surface area contributed by atoms with Crippen LogP contribution in [0.2, 0.25) is 0 Å². The molecule has 0 aliphatic carbocycles. The summed E-state index contributed by atoms with van der Waals surface area (Å²) >= 11 is 0. The molecule has 1 atom stereocenters. The molecule has 122 valence electrons. The molecule has 0 saturated heterocycles. The van der Waals surface area contributed by atoms with Crippen molar-refractivity contribution < 1.29 is 13.6 Å². The van der Waals surface area contributed by atoms with E-state index >= 15 is 0 Å². The van der Waals surface area contributed by atoms with Crippen LogP contribution < -0.4 is 5.32 Å². The minimum Gasteiger partial charge on any atom is -0.459 e. The van der Waals surface area contributed by atoms with Crippen molar-refractivity contribution in [3.05, 3.63) is 89.9 Å². The number of hydrogen-bond donors (Lipinski definition) is 1. The first-order valence-corrected chi connectivity index (χ1v) is 7.68. The van der Waals surface area contributed by atoms with Crippen molar-refractivity contribution in [1.82, 2.24) is 10.3 Å². The van der Waals surface area contributed by atoms with Crippen molar-refractivity contribution >= 4 is 5.91 Å². The highest BCUT2D eigenvalue weighted by Crippen LogP contribution is 2.21. The highest BCUT2D eigenvalue weighted by molar-refractivity contribution is 5.91. The number of furan rings is 1. The largest absolute Gasteiger partial charge is 0.459 e. The number of pyridine rings is 1. The van der Waals surface area contributed by atoms with Crippen molar-refractivity contribution in [2.75, 3.05) is 6.54 Å². The number of rotatable bonds is 6. The van der Waals surface area contributed by atoms with Gasteiger partial charge in [-0.15, -0.1) is 0 Å². The van der Waals surface area contributed by atoms with Crippen LogP contribution in [0.25, 0.3) is 0 Å². The van der Waals surface area contributed by atoms with E-state index in [4.69, 9.17) is 4.42 Å². The van der Waals surface area contributed by atoms with Crippen molar-refractivity contribution in [2.24, 2.45) is 0 Å². The van der Waals surface area contributed by atoms with Gasteiger partial charge in [-0.05, 0) is 47.9 Å². The van der Waals surface area contributed by atoms with E-state index in [0.29, 0.717) is 13.0 Å². The number of carbonyl (C=O) groups is 1. The third-order valence-corrected chi connectivity index (χ3v) is 3.80. The van der Waals surface area contributed by atoms with Gasteiger partial charge in [0.1, 0.15) is 5.82 Å². The van der Waals surface area contributed by atoms with Gasteiger partial charge in [-0.2, -0.15) is 0 Å². The van der Waals surface area contributed by atoms with Crippen LogP contribution in [0, 0.1) is 5.82 Å². The normalized spacial score (nSPS) is 11.9. The Morgan fingerprint density at radius 2 is 2.00 bits per heavy atom. The van der Waals surface area contributed by atoms with Gasteiger partial charge in [0.15, 0.2) is 5.76 Å². The predicted octanol–water partition coefficient (Wildman–Crippen LogP) is 3.57. The van der Waals surface area contributed by atoms with Crippen molar-refractivity contribution in [1.29, 1.82) is 0 Å². The smallest absolute Gasteiger partial charge is 0.286 e. The van der Waals surface area contributed by atoms with Crippen LogP contribution in [0.1, 0.15) is 27.6 Å². The third-order valence-electron chi connectivity index (χ3n) is 3.80. The molecule has 24 heavy (non-hydrogen) atoms. The van der Waals surface area contributed by atoms with Crippen LogP contribution in [0.4, 0.5) is 4.39 Å².